The molecular weight excluding hydrogens is 703 g/mol. The van der Waals surface area contributed by atoms with Crippen LogP contribution in [0, 0.1) is 0 Å². The van der Waals surface area contributed by atoms with Crippen LogP contribution in [0.3, 0.4) is 0 Å². The van der Waals surface area contributed by atoms with Crippen LogP contribution in [0.1, 0.15) is 25.0 Å². The molecule has 3 heterocycles. The van der Waals surface area contributed by atoms with Gasteiger partial charge in [-0.3, -0.25) is 0 Å². The zero-order valence-corrected chi connectivity index (χ0v) is 32.2. The topological polar surface area (TPSA) is 12.1 Å². The van der Waals surface area contributed by atoms with Crippen LogP contribution in [0.15, 0.2) is 188 Å². The molecule has 0 N–H and O–H groups in total. The molecule has 1 aliphatic rings. The Morgan fingerprint density at radius 3 is 1.69 bits per heavy atom. The van der Waals surface area contributed by atoms with E-state index in [-0.39, 0.29) is 5.41 Å². The van der Waals surface area contributed by atoms with E-state index in [0.29, 0.717) is 0 Å². The number of para-hydroxylation sites is 2. The van der Waals surface area contributed by atoms with Crippen LogP contribution in [0.4, 0.5) is 17.1 Å². The molecule has 58 heavy (non-hydrogen) atoms. The molecular formula is C55H37N3. The zero-order chi connectivity index (χ0) is 38.3. The van der Waals surface area contributed by atoms with Gasteiger partial charge in [0.05, 0.1) is 33.1 Å². The van der Waals surface area contributed by atoms with Gasteiger partial charge in [0.15, 0.2) is 0 Å². The molecule has 0 amide bonds. The molecule has 13 rings (SSSR count). The van der Waals surface area contributed by atoms with E-state index in [4.69, 9.17) is 0 Å². The highest BCUT2D eigenvalue weighted by Crippen LogP contribution is 2.51. The summed E-state index contributed by atoms with van der Waals surface area (Å²) >= 11 is 0. The monoisotopic (exact) mass is 739 g/mol. The molecule has 9 aromatic carbocycles. The molecule has 12 aromatic rings. The molecule has 0 aliphatic heterocycles. The van der Waals surface area contributed by atoms with Crippen LogP contribution in [-0.2, 0) is 5.41 Å². The molecule has 272 valence electrons. The third-order valence-corrected chi connectivity index (χ3v) is 13.2. The first-order valence-corrected chi connectivity index (χ1v) is 20.3. The van der Waals surface area contributed by atoms with Gasteiger partial charge in [0.2, 0.25) is 0 Å². The van der Waals surface area contributed by atoms with Crippen molar-refractivity contribution in [3.8, 4) is 22.3 Å². The molecule has 0 spiro atoms. The second kappa shape index (κ2) is 11.4. The molecule has 0 bridgehead atoms. The summed E-state index contributed by atoms with van der Waals surface area (Å²) in [6.45, 7) is 4.73. The number of nitrogens with zero attached hydrogens (tertiary/aromatic N) is 3. The lowest BCUT2D eigenvalue weighted by Crippen LogP contribution is -2.16. The Balaban J connectivity index is 1.07. The minimum Gasteiger partial charge on any atom is -0.310 e. The van der Waals surface area contributed by atoms with Gasteiger partial charge < -0.3 is 13.7 Å². The van der Waals surface area contributed by atoms with Crippen molar-refractivity contribution in [2.75, 3.05) is 4.90 Å². The molecule has 0 saturated heterocycles. The van der Waals surface area contributed by atoms with Crippen molar-refractivity contribution in [2.24, 2.45) is 0 Å². The highest BCUT2D eigenvalue weighted by atomic mass is 15.1. The van der Waals surface area contributed by atoms with E-state index in [0.717, 1.165) is 17.1 Å². The van der Waals surface area contributed by atoms with Gasteiger partial charge in [-0.15, -0.1) is 0 Å². The lowest BCUT2D eigenvalue weighted by Gasteiger charge is -2.28. The van der Waals surface area contributed by atoms with Crippen molar-refractivity contribution in [1.29, 1.82) is 0 Å². The third kappa shape index (κ3) is 4.17. The second-order valence-corrected chi connectivity index (χ2v) is 16.6. The number of anilines is 3. The SMILES string of the molecule is CC1(C)c2ccccc2-c2ccc(N(c3ccc(-c4ccc5ccccc5c4)cc3)c3ccc4c(c3)n3c5ccccc5c5ccc6c7ccccc7n4c6c53)cc21. The first-order chi connectivity index (χ1) is 28.5. The number of fused-ring (bicyclic) bond motifs is 13. The average Bonchev–Trinajstić information content (AvgIpc) is 3.87. The Morgan fingerprint density at radius 1 is 0.362 bits per heavy atom. The predicted octanol–water partition coefficient (Wildman–Crippen LogP) is 14.8. The van der Waals surface area contributed by atoms with Gasteiger partial charge in [0.1, 0.15) is 0 Å². The third-order valence-electron chi connectivity index (χ3n) is 13.2. The van der Waals surface area contributed by atoms with Crippen molar-refractivity contribution in [1.82, 2.24) is 8.80 Å². The minimum atomic E-state index is -0.121. The van der Waals surface area contributed by atoms with Crippen LogP contribution in [0.25, 0.3) is 87.7 Å². The fraction of sp³-hybridized carbons (Fsp3) is 0.0545. The Hall–Kier alpha value is -7.36. The zero-order valence-electron chi connectivity index (χ0n) is 32.2. The summed E-state index contributed by atoms with van der Waals surface area (Å²) in [4.78, 5) is 2.45. The summed E-state index contributed by atoms with van der Waals surface area (Å²) in [6.07, 6.45) is 0. The molecule has 1 aliphatic carbocycles. The Bertz CT molecular complexity index is 3650. The number of aromatic nitrogens is 2. The quantitative estimate of drug-likeness (QED) is 0.164. The number of rotatable bonds is 4. The maximum atomic E-state index is 2.52. The van der Waals surface area contributed by atoms with Crippen LogP contribution < -0.4 is 4.90 Å². The molecule has 3 heteroatoms. The van der Waals surface area contributed by atoms with Crippen molar-refractivity contribution in [3.05, 3.63) is 199 Å². The second-order valence-electron chi connectivity index (χ2n) is 16.6. The van der Waals surface area contributed by atoms with E-state index in [9.17, 15) is 0 Å². The van der Waals surface area contributed by atoms with Crippen LogP contribution >= 0.6 is 0 Å². The first kappa shape index (κ1) is 31.8. The molecule has 0 unspecified atom stereocenters. The van der Waals surface area contributed by atoms with Gasteiger partial charge in [-0.1, -0.05) is 141 Å². The van der Waals surface area contributed by atoms with Crippen LogP contribution in [0.2, 0.25) is 0 Å². The maximum Gasteiger partial charge on any atom is 0.0789 e. The summed E-state index contributed by atoms with van der Waals surface area (Å²) in [6, 6.07) is 70.0. The number of hydrogen-bond acceptors (Lipinski definition) is 1. The fourth-order valence-electron chi connectivity index (χ4n) is 10.5. The minimum absolute atomic E-state index is 0.121. The fourth-order valence-corrected chi connectivity index (χ4v) is 10.5. The molecule has 0 atom stereocenters. The van der Waals surface area contributed by atoms with Gasteiger partial charge in [-0.25, -0.2) is 0 Å². The summed E-state index contributed by atoms with van der Waals surface area (Å²) in [5.41, 5.74) is 18.4. The Morgan fingerprint density at radius 2 is 0.931 bits per heavy atom. The van der Waals surface area contributed by atoms with Crippen molar-refractivity contribution < 1.29 is 0 Å². The van der Waals surface area contributed by atoms with E-state index < -0.39 is 0 Å². The van der Waals surface area contributed by atoms with Gasteiger partial charge in [0, 0.05) is 44.0 Å². The highest BCUT2D eigenvalue weighted by Gasteiger charge is 2.36. The van der Waals surface area contributed by atoms with Gasteiger partial charge in [-0.05, 0) is 105 Å². The van der Waals surface area contributed by atoms with Crippen molar-refractivity contribution in [3.63, 3.8) is 0 Å². The Labute approximate surface area is 335 Å². The molecule has 3 nitrogen and oxygen atoms in total. The van der Waals surface area contributed by atoms with Gasteiger partial charge in [0.25, 0.3) is 0 Å². The van der Waals surface area contributed by atoms with E-state index in [1.165, 1.54) is 98.8 Å². The van der Waals surface area contributed by atoms with E-state index in [1.54, 1.807) is 0 Å². The largest absolute Gasteiger partial charge is 0.310 e. The van der Waals surface area contributed by atoms with Gasteiger partial charge in [-0.2, -0.15) is 0 Å². The van der Waals surface area contributed by atoms with E-state index in [2.05, 4.69) is 216 Å². The predicted molar refractivity (Wildman–Crippen MR) is 245 cm³/mol. The van der Waals surface area contributed by atoms with Crippen molar-refractivity contribution >= 4 is 82.5 Å². The van der Waals surface area contributed by atoms with Crippen LogP contribution in [-0.4, -0.2) is 8.80 Å². The van der Waals surface area contributed by atoms with Gasteiger partial charge >= 0.3 is 0 Å². The normalized spacial score (nSPS) is 13.5. The lowest BCUT2D eigenvalue weighted by atomic mass is 9.82. The smallest absolute Gasteiger partial charge is 0.0789 e. The van der Waals surface area contributed by atoms with Crippen LogP contribution in [0.5, 0.6) is 0 Å². The Kier molecular flexibility index (Phi) is 6.23. The summed E-state index contributed by atoms with van der Waals surface area (Å²) in [5, 5.41) is 7.63. The number of hydrogen-bond donors (Lipinski definition) is 0. The highest BCUT2D eigenvalue weighted by molar-refractivity contribution is 6.25. The standard InChI is InChI=1S/C55H37N3/c1-55(2)47-16-8-5-13-41(47)42-27-25-39(32-48(42)55)56(38-23-21-35(22-24-38)37-20-19-34-11-3-4-12-36(34)31-37)40-26-30-51-52(33-40)58-50-18-10-7-15-44(50)46-29-28-45-43-14-6-9-17-49(43)57(51)53(45)54(46)58/h3-33H,1-2H3. The molecule has 0 fully saturated rings. The molecule has 3 aromatic heterocycles. The molecule has 0 saturated carbocycles. The molecule has 0 radical (unpaired) electrons. The maximum absolute atomic E-state index is 2.52. The van der Waals surface area contributed by atoms with E-state index in [1.807, 2.05) is 0 Å². The number of benzene rings is 9. The first-order valence-electron chi connectivity index (χ1n) is 20.3. The average molecular weight is 740 g/mol. The summed E-state index contributed by atoms with van der Waals surface area (Å²) < 4.78 is 5.02. The van der Waals surface area contributed by atoms with E-state index >= 15 is 0 Å². The summed E-state index contributed by atoms with van der Waals surface area (Å²) in [7, 11) is 0. The van der Waals surface area contributed by atoms with Crippen molar-refractivity contribution in [2.45, 2.75) is 19.3 Å². The summed E-state index contributed by atoms with van der Waals surface area (Å²) in [5.74, 6) is 0. The lowest BCUT2D eigenvalue weighted by molar-refractivity contribution is 0.660.